The van der Waals surface area contributed by atoms with E-state index in [4.69, 9.17) is 9.47 Å². The minimum absolute atomic E-state index is 0.145. The highest BCUT2D eigenvalue weighted by atomic mass is 16.5. The lowest BCUT2D eigenvalue weighted by molar-refractivity contribution is -0.0296. The third kappa shape index (κ3) is 3.76. The largest absolute Gasteiger partial charge is 0.497 e. The SMILES string of the molecule is CCOCCN1CCC[C@@H]1[C@@](C)(O)c1ccc(OC)cc1. The van der Waals surface area contributed by atoms with Crippen molar-refractivity contribution in [2.45, 2.75) is 38.3 Å². The van der Waals surface area contributed by atoms with Crippen molar-refractivity contribution < 1.29 is 14.6 Å². The second-order valence-corrected chi connectivity index (χ2v) is 5.77. The minimum Gasteiger partial charge on any atom is -0.497 e. The maximum Gasteiger partial charge on any atom is 0.118 e. The molecule has 0 saturated carbocycles. The van der Waals surface area contributed by atoms with E-state index in [1.54, 1.807) is 7.11 Å². The van der Waals surface area contributed by atoms with Crippen molar-refractivity contribution in [3.63, 3.8) is 0 Å². The zero-order chi connectivity index (χ0) is 15.3. The molecule has 2 atom stereocenters. The Kier molecular flexibility index (Phi) is 5.62. The molecule has 0 unspecified atom stereocenters. The van der Waals surface area contributed by atoms with E-state index in [0.717, 1.165) is 50.5 Å². The number of aliphatic hydroxyl groups is 1. The monoisotopic (exact) mass is 293 g/mol. The Balaban J connectivity index is 2.08. The van der Waals surface area contributed by atoms with Crippen molar-refractivity contribution in [1.82, 2.24) is 4.90 Å². The Morgan fingerprint density at radius 2 is 2.05 bits per heavy atom. The summed E-state index contributed by atoms with van der Waals surface area (Å²) in [5, 5.41) is 11.1. The smallest absolute Gasteiger partial charge is 0.118 e. The van der Waals surface area contributed by atoms with Gasteiger partial charge >= 0.3 is 0 Å². The summed E-state index contributed by atoms with van der Waals surface area (Å²) in [6.45, 7) is 7.31. The number of hydrogen-bond donors (Lipinski definition) is 1. The zero-order valence-corrected chi connectivity index (χ0v) is 13.3. The van der Waals surface area contributed by atoms with E-state index in [2.05, 4.69) is 4.90 Å². The zero-order valence-electron chi connectivity index (χ0n) is 13.3. The highest BCUT2D eigenvalue weighted by molar-refractivity contribution is 5.31. The van der Waals surface area contributed by atoms with Gasteiger partial charge in [0.2, 0.25) is 0 Å². The average Bonchev–Trinajstić information content (AvgIpc) is 2.97. The van der Waals surface area contributed by atoms with E-state index in [0.29, 0.717) is 0 Å². The van der Waals surface area contributed by atoms with Crippen LogP contribution in [0.3, 0.4) is 0 Å². The van der Waals surface area contributed by atoms with Crippen molar-refractivity contribution in [2.75, 3.05) is 33.4 Å². The molecular formula is C17H27NO3. The van der Waals surface area contributed by atoms with Gasteiger partial charge in [-0.3, -0.25) is 4.90 Å². The van der Waals surface area contributed by atoms with Crippen LogP contribution in [-0.4, -0.2) is 49.5 Å². The molecule has 4 nitrogen and oxygen atoms in total. The van der Waals surface area contributed by atoms with Crippen LogP contribution in [0.15, 0.2) is 24.3 Å². The van der Waals surface area contributed by atoms with Crippen molar-refractivity contribution in [3.8, 4) is 5.75 Å². The third-order valence-corrected chi connectivity index (χ3v) is 4.41. The molecule has 0 radical (unpaired) electrons. The van der Waals surface area contributed by atoms with Crippen LogP contribution < -0.4 is 4.74 Å². The first-order valence-corrected chi connectivity index (χ1v) is 7.78. The molecular weight excluding hydrogens is 266 g/mol. The summed E-state index contributed by atoms with van der Waals surface area (Å²) in [5.41, 5.74) is 0.0891. The average molecular weight is 293 g/mol. The van der Waals surface area contributed by atoms with Gasteiger partial charge in [0.05, 0.1) is 13.7 Å². The van der Waals surface area contributed by atoms with Gasteiger partial charge in [-0.05, 0) is 50.9 Å². The van der Waals surface area contributed by atoms with Gasteiger partial charge < -0.3 is 14.6 Å². The molecule has 1 aliphatic heterocycles. The molecule has 0 bridgehead atoms. The van der Waals surface area contributed by atoms with Crippen molar-refractivity contribution in [1.29, 1.82) is 0 Å². The summed E-state index contributed by atoms with van der Waals surface area (Å²) in [4.78, 5) is 2.35. The Morgan fingerprint density at radius 3 is 2.67 bits per heavy atom. The van der Waals surface area contributed by atoms with Crippen LogP contribution in [0.25, 0.3) is 0 Å². The van der Waals surface area contributed by atoms with E-state index in [-0.39, 0.29) is 6.04 Å². The lowest BCUT2D eigenvalue weighted by Gasteiger charge is -2.37. The Labute approximate surface area is 127 Å². The predicted octanol–water partition coefficient (Wildman–Crippen LogP) is 2.40. The number of benzene rings is 1. The van der Waals surface area contributed by atoms with Gasteiger partial charge in [-0.25, -0.2) is 0 Å². The summed E-state index contributed by atoms with van der Waals surface area (Å²) >= 11 is 0. The first-order chi connectivity index (χ1) is 10.1. The molecule has 118 valence electrons. The summed E-state index contributed by atoms with van der Waals surface area (Å²) < 4.78 is 10.6. The summed E-state index contributed by atoms with van der Waals surface area (Å²) in [5.74, 6) is 0.814. The molecule has 1 N–H and O–H groups in total. The lowest BCUT2D eigenvalue weighted by Crippen LogP contribution is -2.46. The van der Waals surface area contributed by atoms with Gasteiger partial charge in [-0.15, -0.1) is 0 Å². The molecule has 21 heavy (non-hydrogen) atoms. The second kappa shape index (κ2) is 7.25. The van der Waals surface area contributed by atoms with Crippen LogP contribution in [0.4, 0.5) is 0 Å². The highest BCUT2D eigenvalue weighted by Gasteiger charge is 2.40. The van der Waals surface area contributed by atoms with Gasteiger partial charge in [0.15, 0.2) is 0 Å². The van der Waals surface area contributed by atoms with E-state index < -0.39 is 5.60 Å². The standard InChI is InChI=1S/C17H27NO3/c1-4-21-13-12-18-11-5-6-16(18)17(2,19)14-7-9-15(20-3)10-8-14/h7-10,16,19H,4-6,11-13H2,1-3H3/t16-,17+/m1/s1. The quantitative estimate of drug-likeness (QED) is 0.784. The third-order valence-electron chi connectivity index (χ3n) is 4.41. The topological polar surface area (TPSA) is 41.9 Å². The van der Waals surface area contributed by atoms with Gasteiger partial charge in [-0.1, -0.05) is 12.1 Å². The maximum atomic E-state index is 11.1. The van der Waals surface area contributed by atoms with E-state index >= 15 is 0 Å². The molecule has 2 rings (SSSR count). The van der Waals surface area contributed by atoms with Crippen molar-refractivity contribution in [3.05, 3.63) is 29.8 Å². The van der Waals surface area contributed by atoms with E-state index in [1.807, 2.05) is 38.1 Å². The second-order valence-electron chi connectivity index (χ2n) is 5.77. The summed E-state index contributed by atoms with van der Waals surface area (Å²) in [7, 11) is 1.65. The fourth-order valence-corrected chi connectivity index (χ4v) is 3.18. The molecule has 1 aromatic carbocycles. The molecule has 1 fully saturated rings. The minimum atomic E-state index is -0.852. The molecule has 0 aliphatic carbocycles. The lowest BCUT2D eigenvalue weighted by atomic mass is 9.86. The number of nitrogens with zero attached hydrogens (tertiary/aromatic N) is 1. The summed E-state index contributed by atoms with van der Waals surface area (Å²) in [6, 6.07) is 7.87. The van der Waals surface area contributed by atoms with Crippen LogP contribution in [0, 0.1) is 0 Å². The fraction of sp³-hybridized carbons (Fsp3) is 0.647. The Morgan fingerprint density at radius 1 is 1.33 bits per heavy atom. The Hall–Kier alpha value is -1.10. The molecule has 1 saturated heterocycles. The van der Waals surface area contributed by atoms with E-state index in [9.17, 15) is 5.11 Å². The van der Waals surface area contributed by atoms with Gasteiger partial charge in [-0.2, -0.15) is 0 Å². The predicted molar refractivity (Wildman–Crippen MR) is 83.7 cm³/mol. The molecule has 1 aliphatic rings. The van der Waals surface area contributed by atoms with Crippen LogP contribution in [0.5, 0.6) is 5.75 Å². The highest BCUT2D eigenvalue weighted by Crippen LogP contribution is 2.35. The first kappa shape index (κ1) is 16.3. The van der Waals surface area contributed by atoms with Gasteiger partial charge in [0.1, 0.15) is 11.4 Å². The van der Waals surface area contributed by atoms with Crippen LogP contribution in [0.2, 0.25) is 0 Å². The van der Waals surface area contributed by atoms with Crippen molar-refractivity contribution >= 4 is 0 Å². The van der Waals surface area contributed by atoms with Gasteiger partial charge in [0.25, 0.3) is 0 Å². The molecule has 0 spiro atoms. The maximum absolute atomic E-state index is 11.1. The fourth-order valence-electron chi connectivity index (χ4n) is 3.18. The molecule has 0 amide bonds. The normalized spacial score (nSPS) is 22.2. The number of rotatable bonds is 7. The number of likely N-dealkylation sites (tertiary alicyclic amines) is 1. The Bertz CT molecular complexity index is 430. The first-order valence-electron chi connectivity index (χ1n) is 7.78. The van der Waals surface area contributed by atoms with Crippen LogP contribution in [0.1, 0.15) is 32.3 Å². The van der Waals surface area contributed by atoms with Gasteiger partial charge in [0, 0.05) is 19.2 Å². The summed E-state index contributed by atoms with van der Waals surface area (Å²) in [6.07, 6.45) is 2.15. The number of ether oxygens (including phenoxy) is 2. The van der Waals surface area contributed by atoms with Crippen molar-refractivity contribution in [2.24, 2.45) is 0 Å². The van der Waals surface area contributed by atoms with Crippen LogP contribution in [-0.2, 0) is 10.3 Å². The molecule has 1 heterocycles. The molecule has 0 aromatic heterocycles. The number of methoxy groups -OCH3 is 1. The molecule has 1 aromatic rings. The van der Waals surface area contributed by atoms with Crippen LogP contribution >= 0.6 is 0 Å². The number of hydrogen-bond acceptors (Lipinski definition) is 4. The molecule has 4 heteroatoms. The van der Waals surface area contributed by atoms with E-state index in [1.165, 1.54) is 0 Å².